The lowest BCUT2D eigenvalue weighted by Gasteiger charge is -2.15. The van der Waals surface area contributed by atoms with Crippen LogP contribution < -0.4 is 5.32 Å². The van der Waals surface area contributed by atoms with E-state index in [1.54, 1.807) is 6.07 Å². The van der Waals surface area contributed by atoms with Crippen LogP contribution in [0.1, 0.15) is 49.5 Å². The molecule has 0 aromatic heterocycles. The molecule has 1 aromatic carbocycles. The second kappa shape index (κ2) is 3.99. The number of rotatable bonds is 3. The molecular formula is C14H17NO2. The summed E-state index contributed by atoms with van der Waals surface area (Å²) in [4.78, 5) is 23.6. The number of hydrogen-bond acceptors (Lipinski definition) is 2. The van der Waals surface area contributed by atoms with Gasteiger partial charge in [0.05, 0.1) is 5.41 Å². The summed E-state index contributed by atoms with van der Waals surface area (Å²) in [7, 11) is 0. The highest BCUT2D eigenvalue weighted by molar-refractivity contribution is 6.07. The van der Waals surface area contributed by atoms with E-state index in [0.29, 0.717) is 12.0 Å². The Morgan fingerprint density at radius 3 is 2.71 bits per heavy atom. The van der Waals surface area contributed by atoms with Crippen LogP contribution in [0.3, 0.4) is 0 Å². The van der Waals surface area contributed by atoms with Gasteiger partial charge in [-0.05, 0) is 44.0 Å². The molecule has 17 heavy (non-hydrogen) atoms. The van der Waals surface area contributed by atoms with Gasteiger partial charge < -0.3 is 5.32 Å². The SMILES string of the molecule is CCCC(=O)c1ccc2c(c1)C(C)(C)C(=O)N2. The van der Waals surface area contributed by atoms with Crippen molar-refractivity contribution in [2.45, 2.75) is 39.0 Å². The van der Waals surface area contributed by atoms with E-state index >= 15 is 0 Å². The number of anilines is 1. The first-order chi connectivity index (χ1) is 7.96. The van der Waals surface area contributed by atoms with Gasteiger partial charge in [-0.3, -0.25) is 9.59 Å². The molecular weight excluding hydrogens is 214 g/mol. The van der Waals surface area contributed by atoms with Gasteiger partial charge in [-0.25, -0.2) is 0 Å². The minimum Gasteiger partial charge on any atom is -0.325 e. The Balaban J connectivity index is 2.42. The van der Waals surface area contributed by atoms with Gasteiger partial charge in [0.1, 0.15) is 0 Å². The van der Waals surface area contributed by atoms with E-state index in [9.17, 15) is 9.59 Å². The van der Waals surface area contributed by atoms with E-state index in [0.717, 1.165) is 17.7 Å². The number of hydrogen-bond donors (Lipinski definition) is 1. The maximum absolute atomic E-state index is 11.8. The number of carbonyl (C=O) groups excluding carboxylic acids is 2. The molecule has 0 bridgehead atoms. The first-order valence-corrected chi connectivity index (χ1v) is 5.96. The zero-order valence-electron chi connectivity index (χ0n) is 10.5. The molecule has 0 spiro atoms. The predicted octanol–water partition coefficient (Wildman–Crippen LogP) is 2.90. The lowest BCUT2D eigenvalue weighted by Crippen LogP contribution is -2.26. The Morgan fingerprint density at radius 2 is 2.06 bits per heavy atom. The van der Waals surface area contributed by atoms with E-state index in [1.807, 2.05) is 32.9 Å². The highest BCUT2D eigenvalue weighted by Gasteiger charge is 2.38. The summed E-state index contributed by atoms with van der Waals surface area (Å²) in [6, 6.07) is 5.47. The highest BCUT2D eigenvalue weighted by Crippen LogP contribution is 2.37. The minimum absolute atomic E-state index is 0.00686. The maximum Gasteiger partial charge on any atom is 0.234 e. The van der Waals surface area contributed by atoms with Gasteiger partial charge in [-0.2, -0.15) is 0 Å². The van der Waals surface area contributed by atoms with Crippen LogP contribution in [0.15, 0.2) is 18.2 Å². The van der Waals surface area contributed by atoms with Crippen LogP contribution in [-0.2, 0) is 10.2 Å². The monoisotopic (exact) mass is 231 g/mol. The van der Waals surface area contributed by atoms with Gasteiger partial charge in [-0.15, -0.1) is 0 Å². The molecule has 2 rings (SSSR count). The smallest absolute Gasteiger partial charge is 0.234 e. The Hall–Kier alpha value is -1.64. The predicted molar refractivity (Wildman–Crippen MR) is 67.3 cm³/mol. The number of carbonyl (C=O) groups is 2. The van der Waals surface area contributed by atoms with E-state index in [1.165, 1.54) is 0 Å². The Morgan fingerprint density at radius 1 is 1.35 bits per heavy atom. The second-order valence-corrected chi connectivity index (χ2v) is 5.01. The summed E-state index contributed by atoms with van der Waals surface area (Å²) in [6.45, 7) is 5.74. The van der Waals surface area contributed by atoms with Gasteiger partial charge in [0.15, 0.2) is 5.78 Å². The summed E-state index contributed by atoms with van der Waals surface area (Å²) in [5, 5.41) is 2.84. The van der Waals surface area contributed by atoms with Crippen molar-refractivity contribution in [2.24, 2.45) is 0 Å². The van der Waals surface area contributed by atoms with Crippen molar-refractivity contribution in [3.05, 3.63) is 29.3 Å². The Bertz CT molecular complexity index is 489. The summed E-state index contributed by atoms with van der Waals surface area (Å²) in [6.07, 6.45) is 1.40. The minimum atomic E-state index is -0.544. The molecule has 90 valence electrons. The highest BCUT2D eigenvalue weighted by atomic mass is 16.2. The van der Waals surface area contributed by atoms with E-state index in [2.05, 4.69) is 5.32 Å². The number of Topliss-reactive ketones (excluding diaryl/α,β-unsaturated/α-hetero) is 1. The molecule has 0 atom stereocenters. The molecule has 1 heterocycles. The number of ketones is 1. The topological polar surface area (TPSA) is 46.2 Å². The van der Waals surface area contributed by atoms with Gasteiger partial charge >= 0.3 is 0 Å². The molecule has 0 unspecified atom stereocenters. The summed E-state index contributed by atoms with van der Waals surface area (Å²) in [5.74, 6) is 0.137. The average Bonchev–Trinajstić information content (AvgIpc) is 2.50. The van der Waals surface area contributed by atoms with Crippen molar-refractivity contribution in [2.75, 3.05) is 5.32 Å². The van der Waals surface area contributed by atoms with E-state index < -0.39 is 5.41 Å². The molecule has 0 aliphatic carbocycles. The summed E-state index contributed by atoms with van der Waals surface area (Å²) in [5.41, 5.74) is 1.91. The normalized spacial score (nSPS) is 16.5. The third-order valence-electron chi connectivity index (χ3n) is 3.31. The molecule has 1 N–H and O–H groups in total. The van der Waals surface area contributed by atoms with E-state index in [-0.39, 0.29) is 11.7 Å². The molecule has 0 fully saturated rings. The van der Waals surface area contributed by atoms with E-state index in [4.69, 9.17) is 0 Å². The van der Waals surface area contributed by atoms with Gasteiger partial charge in [0.2, 0.25) is 5.91 Å². The third-order valence-corrected chi connectivity index (χ3v) is 3.31. The fourth-order valence-electron chi connectivity index (χ4n) is 2.12. The van der Waals surface area contributed by atoms with Gasteiger partial charge in [0.25, 0.3) is 0 Å². The summed E-state index contributed by atoms with van der Waals surface area (Å²) >= 11 is 0. The molecule has 1 amide bonds. The number of amides is 1. The van der Waals surface area contributed by atoms with Crippen LogP contribution >= 0.6 is 0 Å². The second-order valence-electron chi connectivity index (χ2n) is 5.01. The first kappa shape index (κ1) is 11.8. The number of fused-ring (bicyclic) bond motifs is 1. The van der Waals surface area contributed by atoms with Crippen LogP contribution in [0.4, 0.5) is 5.69 Å². The van der Waals surface area contributed by atoms with Crippen LogP contribution in [0.2, 0.25) is 0 Å². The van der Waals surface area contributed by atoms with Crippen molar-refractivity contribution in [1.29, 1.82) is 0 Å². The molecule has 0 saturated carbocycles. The molecule has 1 aliphatic heterocycles. The molecule has 0 saturated heterocycles. The zero-order chi connectivity index (χ0) is 12.6. The zero-order valence-corrected chi connectivity index (χ0v) is 10.5. The Kier molecular flexibility index (Phi) is 2.77. The standard InChI is InChI=1S/C14H17NO2/c1-4-5-12(16)9-6-7-11-10(8-9)14(2,3)13(17)15-11/h6-8H,4-5H2,1-3H3,(H,15,17). The van der Waals surface area contributed by atoms with Crippen molar-refractivity contribution in [3.63, 3.8) is 0 Å². The Labute approximate surface area is 101 Å². The fraction of sp³-hybridized carbons (Fsp3) is 0.429. The maximum atomic E-state index is 11.8. The molecule has 3 heteroatoms. The van der Waals surface area contributed by atoms with Crippen LogP contribution in [-0.4, -0.2) is 11.7 Å². The van der Waals surface area contributed by atoms with Crippen LogP contribution in [0.25, 0.3) is 0 Å². The van der Waals surface area contributed by atoms with Crippen LogP contribution in [0.5, 0.6) is 0 Å². The average molecular weight is 231 g/mol. The van der Waals surface area contributed by atoms with Crippen LogP contribution in [0, 0.1) is 0 Å². The third kappa shape index (κ3) is 1.86. The largest absolute Gasteiger partial charge is 0.325 e. The number of benzene rings is 1. The van der Waals surface area contributed by atoms with Crippen molar-refractivity contribution in [3.8, 4) is 0 Å². The lowest BCUT2D eigenvalue weighted by molar-refractivity contribution is -0.119. The molecule has 3 nitrogen and oxygen atoms in total. The van der Waals surface area contributed by atoms with Gasteiger partial charge in [-0.1, -0.05) is 6.92 Å². The lowest BCUT2D eigenvalue weighted by atomic mass is 9.85. The number of nitrogens with one attached hydrogen (secondary N) is 1. The molecule has 1 aromatic rings. The quantitative estimate of drug-likeness (QED) is 0.813. The van der Waals surface area contributed by atoms with Crippen molar-refractivity contribution < 1.29 is 9.59 Å². The first-order valence-electron chi connectivity index (χ1n) is 5.96. The fourth-order valence-corrected chi connectivity index (χ4v) is 2.12. The van der Waals surface area contributed by atoms with Crippen molar-refractivity contribution >= 4 is 17.4 Å². The summed E-state index contributed by atoms with van der Waals surface area (Å²) < 4.78 is 0. The molecule has 0 radical (unpaired) electrons. The molecule has 1 aliphatic rings. The van der Waals surface area contributed by atoms with Gasteiger partial charge in [0, 0.05) is 17.7 Å². The van der Waals surface area contributed by atoms with Crippen molar-refractivity contribution in [1.82, 2.24) is 0 Å².